The molecule has 3 amide bonds. The molecule has 1 heterocycles. The Bertz CT molecular complexity index is 970. The van der Waals surface area contributed by atoms with Crippen molar-refractivity contribution in [2.24, 2.45) is 0 Å². The van der Waals surface area contributed by atoms with Gasteiger partial charge in [0.1, 0.15) is 11.5 Å². The Hall–Kier alpha value is -2.68. The van der Waals surface area contributed by atoms with Crippen molar-refractivity contribution in [3.63, 3.8) is 0 Å². The molecule has 8 nitrogen and oxygen atoms in total. The number of carbonyl (C=O) groups is 3. The molecule has 2 aromatic rings. The summed E-state index contributed by atoms with van der Waals surface area (Å²) in [5, 5.41) is 14.3. The third-order valence-corrected chi connectivity index (χ3v) is 6.82. The first-order chi connectivity index (χ1) is 16.3. The Morgan fingerprint density at radius 3 is 2.44 bits per heavy atom. The molecule has 2 N–H and O–H groups in total. The second-order valence-corrected chi connectivity index (χ2v) is 10.6. The van der Waals surface area contributed by atoms with Crippen LogP contribution in [0.1, 0.15) is 94.3 Å². The molecule has 184 valence electrons. The van der Waals surface area contributed by atoms with Crippen LogP contribution in [0.25, 0.3) is 0 Å². The van der Waals surface area contributed by atoms with Crippen molar-refractivity contribution >= 4 is 29.5 Å². The number of rotatable bonds is 10. The second-order valence-electron chi connectivity index (χ2n) is 9.05. The van der Waals surface area contributed by atoms with Gasteiger partial charge in [-0.15, -0.1) is 10.2 Å². The lowest BCUT2D eigenvalue weighted by Crippen LogP contribution is -2.61. The maximum Gasteiger partial charge on any atom is 0.276 e. The van der Waals surface area contributed by atoms with Crippen LogP contribution >= 0.6 is 11.8 Å². The van der Waals surface area contributed by atoms with E-state index in [2.05, 4.69) is 20.8 Å². The van der Waals surface area contributed by atoms with Crippen molar-refractivity contribution in [3.05, 3.63) is 41.8 Å². The van der Waals surface area contributed by atoms with Crippen LogP contribution in [0, 0.1) is 0 Å². The highest BCUT2D eigenvalue weighted by Crippen LogP contribution is 2.30. The third kappa shape index (κ3) is 6.68. The van der Waals surface area contributed by atoms with Gasteiger partial charge in [0, 0.05) is 10.8 Å². The van der Waals surface area contributed by atoms with Gasteiger partial charge in [0.05, 0.1) is 0 Å². The van der Waals surface area contributed by atoms with Crippen LogP contribution in [-0.2, 0) is 9.59 Å². The van der Waals surface area contributed by atoms with E-state index in [1.165, 1.54) is 11.8 Å². The number of hydrogen-bond donors (Lipinski definition) is 2. The first-order valence-corrected chi connectivity index (χ1v) is 13.0. The van der Waals surface area contributed by atoms with Gasteiger partial charge in [-0.2, -0.15) is 0 Å². The summed E-state index contributed by atoms with van der Waals surface area (Å²) in [6, 6.07) is 8.80. The van der Waals surface area contributed by atoms with Crippen molar-refractivity contribution in [3.8, 4) is 0 Å². The van der Waals surface area contributed by atoms with Gasteiger partial charge in [0.15, 0.2) is 0 Å². The highest BCUT2D eigenvalue weighted by Gasteiger charge is 2.42. The Balaban J connectivity index is 1.77. The number of hydrogen-bond acceptors (Lipinski definition) is 7. The largest absolute Gasteiger partial charge is 0.415 e. The minimum atomic E-state index is -1.12. The van der Waals surface area contributed by atoms with Gasteiger partial charge in [-0.1, -0.05) is 82.8 Å². The fraction of sp³-hybridized carbons (Fsp3) is 0.560. The lowest BCUT2D eigenvalue weighted by molar-refractivity contribution is -0.136. The Kier molecular flexibility index (Phi) is 9.27. The van der Waals surface area contributed by atoms with Crippen molar-refractivity contribution in [2.45, 2.75) is 94.1 Å². The van der Waals surface area contributed by atoms with Gasteiger partial charge in [-0.05, 0) is 31.4 Å². The van der Waals surface area contributed by atoms with E-state index in [0.717, 1.165) is 32.1 Å². The number of benzene rings is 1. The van der Waals surface area contributed by atoms with Crippen LogP contribution in [0.15, 0.2) is 40.0 Å². The van der Waals surface area contributed by atoms with Crippen molar-refractivity contribution < 1.29 is 18.8 Å². The number of thioether (sulfide) groups is 1. The Morgan fingerprint density at radius 2 is 1.79 bits per heavy atom. The summed E-state index contributed by atoms with van der Waals surface area (Å²) < 4.78 is 5.75. The van der Waals surface area contributed by atoms with Crippen LogP contribution in [0.4, 0.5) is 0 Å². The quantitative estimate of drug-likeness (QED) is 0.471. The third-order valence-electron chi connectivity index (χ3n) is 5.99. The van der Waals surface area contributed by atoms with E-state index in [1.54, 1.807) is 24.3 Å². The number of carbonyl (C=O) groups excluding carboxylic acids is 3. The van der Waals surface area contributed by atoms with E-state index in [0.29, 0.717) is 30.0 Å². The fourth-order valence-corrected chi connectivity index (χ4v) is 4.77. The van der Waals surface area contributed by atoms with Gasteiger partial charge >= 0.3 is 0 Å². The van der Waals surface area contributed by atoms with Gasteiger partial charge < -0.3 is 9.73 Å². The molecule has 1 aromatic heterocycles. The molecule has 1 fully saturated rings. The molecule has 1 atom stereocenters. The summed E-state index contributed by atoms with van der Waals surface area (Å²) in [5.74, 6) is -1.77. The minimum absolute atomic E-state index is 0.216. The molecule has 3 rings (SSSR count). The molecule has 1 aliphatic carbocycles. The molecular weight excluding hydrogens is 452 g/mol. The number of aromatic nitrogens is 2. The molecule has 34 heavy (non-hydrogen) atoms. The van der Waals surface area contributed by atoms with Gasteiger partial charge in [0.2, 0.25) is 11.8 Å². The summed E-state index contributed by atoms with van der Waals surface area (Å²) in [7, 11) is 0. The normalized spacial score (nSPS) is 16.1. The molecule has 0 unspecified atom stereocenters. The fourth-order valence-electron chi connectivity index (χ4n) is 4.15. The zero-order chi connectivity index (χ0) is 24.6. The first-order valence-electron chi connectivity index (χ1n) is 12.1. The lowest BCUT2D eigenvalue weighted by Gasteiger charge is -2.36. The second kappa shape index (κ2) is 12.1. The summed E-state index contributed by atoms with van der Waals surface area (Å²) in [5.41, 5.74) is -0.641. The summed E-state index contributed by atoms with van der Waals surface area (Å²) in [4.78, 5) is 39.6. The maximum absolute atomic E-state index is 13.4. The standard InChI is InChI=1S/C25H34N4O4S/c1-4-5-14-19(22-28-29-24(33-22)34-17(2)3)21(31)26-23(32)25(15-10-7-11-16-25)27-20(30)18-12-8-6-9-13-18/h6,8-9,12-13,17,19H,4-5,7,10-11,14-16H2,1-3H3,(H,27,30)(H,26,31,32)/t19-/m1/s1. The van der Waals surface area contributed by atoms with E-state index < -0.39 is 23.3 Å². The molecule has 0 bridgehead atoms. The van der Waals surface area contributed by atoms with Crippen molar-refractivity contribution in [1.82, 2.24) is 20.8 Å². The average Bonchev–Trinajstić information content (AvgIpc) is 3.27. The predicted molar refractivity (Wildman–Crippen MR) is 130 cm³/mol. The number of imide groups is 1. The Morgan fingerprint density at radius 1 is 1.09 bits per heavy atom. The van der Waals surface area contributed by atoms with E-state index in [4.69, 9.17) is 4.42 Å². The molecule has 1 aliphatic rings. The lowest BCUT2D eigenvalue weighted by atomic mass is 9.80. The summed E-state index contributed by atoms with van der Waals surface area (Å²) in [6.45, 7) is 6.06. The number of nitrogens with zero attached hydrogens (tertiary/aromatic N) is 2. The van der Waals surface area contributed by atoms with Crippen LogP contribution in [0.5, 0.6) is 0 Å². The molecular formula is C25H34N4O4S. The summed E-state index contributed by atoms with van der Waals surface area (Å²) in [6.07, 6.45) is 5.72. The molecule has 0 aliphatic heterocycles. The molecule has 1 aromatic carbocycles. The first kappa shape index (κ1) is 25.9. The van der Waals surface area contributed by atoms with Crippen LogP contribution in [-0.4, -0.2) is 38.7 Å². The zero-order valence-electron chi connectivity index (χ0n) is 20.1. The SMILES string of the molecule is CCCC[C@H](C(=O)NC(=O)C1(NC(=O)c2ccccc2)CCCCC1)c1nnc(SC(C)C)o1. The monoisotopic (exact) mass is 486 g/mol. The van der Waals surface area contributed by atoms with E-state index in [-0.39, 0.29) is 17.0 Å². The van der Waals surface area contributed by atoms with Gasteiger partial charge in [-0.25, -0.2) is 0 Å². The Labute approximate surface area is 205 Å². The molecule has 9 heteroatoms. The topological polar surface area (TPSA) is 114 Å². The summed E-state index contributed by atoms with van der Waals surface area (Å²) >= 11 is 1.43. The van der Waals surface area contributed by atoms with Gasteiger partial charge in [-0.3, -0.25) is 19.7 Å². The number of amides is 3. The predicted octanol–water partition coefficient (Wildman–Crippen LogP) is 4.62. The van der Waals surface area contributed by atoms with Crippen molar-refractivity contribution in [2.75, 3.05) is 0 Å². The number of nitrogens with one attached hydrogen (secondary N) is 2. The molecule has 0 saturated heterocycles. The van der Waals surface area contributed by atoms with Gasteiger partial charge in [0.25, 0.3) is 17.0 Å². The van der Waals surface area contributed by atoms with E-state index in [1.807, 2.05) is 26.8 Å². The molecule has 0 spiro atoms. The van der Waals surface area contributed by atoms with Crippen LogP contribution < -0.4 is 10.6 Å². The highest BCUT2D eigenvalue weighted by atomic mass is 32.2. The average molecular weight is 487 g/mol. The highest BCUT2D eigenvalue weighted by molar-refractivity contribution is 7.99. The zero-order valence-corrected chi connectivity index (χ0v) is 21.0. The molecule has 0 radical (unpaired) electrons. The smallest absolute Gasteiger partial charge is 0.276 e. The van der Waals surface area contributed by atoms with Crippen LogP contribution in [0.2, 0.25) is 0 Å². The maximum atomic E-state index is 13.4. The van der Waals surface area contributed by atoms with Crippen molar-refractivity contribution in [1.29, 1.82) is 0 Å². The number of unbranched alkanes of at least 4 members (excludes halogenated alkanes) is 1. The van der Waals surface area contributed by atoms with E-state index >= 15 is 0 Å². The van der Waals surface area contributed by atoms with E-state index in [9.17, 15) is 14.4 Å². The minimum Gasteiger partial charge on any atom is -0.415 e. The van der Waals surface area contributed by atoms with Crippen LogP contribution in [0.3, 0.4) is 0 Å². The molecule has 1 saturated carbocycles.